The van der Waals surface area contributed by atoms with Crippen LogP contribution in [0.25, 0.3) is 4.91 Å². The molecule has 1 aliphatic heterocycles. The second kappa shape index (κ2) is 6.63. The third kappa shape index (κ3) is 2.84. The SMILES string of the molecule is C[Si](C)(C)C#Cc1ccc(C2=CC3=CC4c5ccccc5C3(S2)c2ccccc24)cc1. The topological polar surface area (TPSA) is 0 Å². The van der Waals surface area contributed by atoms with E-state index in [-0.39, 0.29) is 4.75 Å². The van der Waals surface area contributed by atoms with Gasteiger partial charge in [-0.3, -0.25) is 0 Å². The van der Waals surface area contributed by atoms with Gasteiger partial charge < -0.3 is 0 Å². The molecule has 0 saturated heterocycles. The Morgan fingerprint density at radius 1 is 0.806 bits per heavy atom. The predicted molar refractivity (Wildman–Crippen MR) is 136 cm³/mol. The molecule has 2 bridgehead atoms. The van der Waals surface area contributed by atoms with E-state index in [1.807, 2.05) is 11.8 Å². The van der Waals surface area contributed by atoms with Gasteiger partial charge in [-0.1, -0.05) is 92.3 Å². The minimum absolute atomic E-state index is 0.117. The van der Waals surface area contributed by atoms with Crippen molar-refractivity contribution in [1.29, 1.82) is 0 Å². The molecule has 0 radical (unpaired) electrons. The van der Waals surface area contributed by atoms with Gasteiger partial charge in [-0.05, 0) is 51.6 Å². The number of thioether (sulfide) groups is 1. The van der Waals surface area contributed by atoms with Crippen LogP contribution in [0.2, 0.25) is 19.6 Å². The van der Waals surface area contributed by atoms with E-state index in [1.165, 1.54) is 38.3 Å². The average molecular weight is 433 g/mol. The molecular formula is C29H24SSi. The zero-order chi connectivity index (χ0) is 21.2. The highest BCUT2D eigenvalue weighted by Crippen LogP contribution is 2.67. The Balaban J connectivity index is 1.43. The van der Waals surface area contributed by atoms with Gasteiger partial charge >= 0.3 is 0 Å². The Kier molecular flexibility index (Phi) is 4.06. The van der Waals surface area contributed by atoms with E-state index in [4.69, 9.17) is 0 Å². The summed E-state index contributed by atoms with van der Waals surface area (Å²) in [6.45, 7) is 6.86. The molecule has 0 amide bonds. The van der Waals surface area contributed by atoms with Crippen LogP contribution in [0.15, 0.2) is 90.5 Å². The second-order valence-electron chi connectivity index (χ2n) is 9.64. The lowest BCUT2D eigenvalue weighted by atomic mass is 9.64. The van der Waals surface area contributed by atoms with Gasteiger partial charge in [0.05, 0.1) is 4.75 Å². The first-order valence-electron chi connectivity index (χ1n) is 10.9. The maximum absolute atomic E-state index is 3.47. The summed E-state index contributed by atoms with van der Waals surface area (Å²) in [5, 5.41) is 0. The van der Waals surface area contributed by atoms with Crippen molar-refractivity contribution in [3.05, 3.63) is 124 Å². The number of benzene rings is 3. The lowest BCUT2D eigenvalue weighted by molar-refractivity contribution is 0.747. The number of hydrogen-bond donors (Lipinski definition) is 0. The molecule has 3 aromatic rings. The summed E-state index contributed by atoms with van der Waals surface area (Å²) in [6.07, 6.45) is 4.92. The van der Waals surface area contributed by atoms with Crippen molar-refractivity contribution in [2.75, 3.05) is 0 Å². The molecule has 2 heteroatoms. The maximum atomic E-state index is 3.47. The van der Waals surface area contributed by atoms with Crippen LogP contribution in [0, 0.1) is 11.5 Å². The molecule has 0 aromatic heterocycles. The van der Waals surface area contributed by atoms with Gasteiger partial charge in [0, 0.05) is 16.4 Å². The van der Waals surface area contributed by atoms with Gasteiger partial charge in [-0.15, -0.1) is 17.3 Å². The Bertz CT molecular complexity index is 1290. The zero-order valence-electron chi connectivity index (χ0n) is 18.1. The number of allylic oxidation sites excluding steroid dienone is 2. The van der Waals surface area contributed by atoms with E-state index in [0.717, 1.165) is 5.56 Å². The number of rotatable bonds is 1. The van der Waals surface area contributed by atoms with Gasteiger partial charge in [-0.25, -0.2) is 0 Å². The van der Waals surface area contributed by atoms with Crippen molar-refractivity contribution in [2.45, 2.75) is 30.3 Å². The molecule has 0 atom stereocenters. The molecule has 31 heavy (non-hydrogen) atoms. The molecule has 1 spiro atoms. The fourth-order valence-corrected chi connectivity index (χ4v) is 7.18. The van der Waals surface area contributed by atoms with Gasteiger partial charge in [0.2, 0.25) is 0 Å². The summed E-state index contributed by atoms with van der Waals surface area (Å²) in [4.78, 5) is 1.35. The Labute approximate surface area is 190 Å². The molecule has 7 rings (SSSR count). The first-order valence-corrected chi connectivity index (χ1v) is 15.2. The average Bonchev–Trinajstić information content (AvgIpc) is 3.19. The summed E-state index contributed by atoms with van der Waals surface area (Å²) < 4.78 is -0.117. The van der Waals surface area contributed by atoms with Crippen LogP contribution in [0.5, 0.6) is 0 Å². The first-order chi connectivity index (χ1) is 15.0. The second-order valence-corrected chi connectivity index (χ2v) is 15.6. The minimum Gasteiger partial charge on any atom is -0.127 e. The van der Waals surface area contributed by atoms with E-state index >= 15 is 0 Å². The Morgan fingerprint density at radius 2 is 1.42 bits per heavy atom. The van der Waals surface area contributed by atoms with Gasteiger partial charge in [0.1, 0.15) is 8.07 Å². The first kappa shape index (κ1) is 19.0. The molecule has 0 N–H and O–H groups in total. The summed E-state index contributed by atoms with van der Waals surface area (Å²) in [5.41, 5.74) is 13.2. The smallest absolute Gasteiger partial charge is 0.127 e. The lowest BCUT2D eigenvalue weighted by Gasteiger charge is -2.45. The highest BCUT2D eigenvalue weighted by molar-refractivity contribution is 8.09. The van der Waals surface area contributed by atoms with Crippen molar-refractivity contribution in [3.63, 3.8) is 0 Å². The van der Waals surface area contributed by atoms with Crippen molar-refractivity contribution >= 4 is 24.7 Å². The van der Waals surface area contributed by atoms with Crippen LogP contribution in [-0.4, -0.2) is 8.07 Å². The fourth-order valence-electron chi connectivity index (χ4n) is 5.05. The van der Waals surface area contributed by atoms with E-state index in [1.54, 1.807) is 0 Å². The van der Waals surface area contributed by atoms with Crippen LogP contribution in [0.1, 0.15) is 39.3 Å². The zero-order valence-corrected chi connectivity index (χ0v) is 19.9. The van der Waals surface area contributed by atoms with Crippen molar-refractivity contribution in [3.8, 4) is 11.5 Å². The summed E-state index contributed by atoms with van der Waals surface area (Å²) >= 11 is 2.01. The normalized spacial score (nSPS) is 22.5. The molecule has 0 unspecified atom stereocenters. The van der Waals surface area contributed by atoms with Crippen molar-refractivity contribution < 1.29 is 0 Å². The monoisotopic (exact) mass is 432 g/mol. The van der Waals surface area contributed by atoms with Crippen LogP contribution in [-0.2, 0) is 4.75 Å². The van der Waals surface area contributed by atoms with Gasteiger partial charge in [-0.2, -0.15) is 0 Å². The predicted octanol–water partition coefficient (Wildman–Crippen LogP) is 7.33. The summed E-state index contributed by atoms with van der Waals surface area (Å²) in [6, 6.07) is 26.9. The molecule has 0 nitrogen and oxygen atoms in total. The Hall–Kier alpha value is -2.73. The van der Waals surface area contributed by atoms with Crippen LogP contribution >= 0.6 is 11.8 Å². The lowest BCUT2D eigenvalue weighted by Crippen LogP contribution is -2.35. The molecule has 3 aliphatic carbocycles. The summed E-state index contributed by atoms with van der Waals surface area (Å²) in [7, 11) is -1.36. The van der Waals surface area contributed by atoms with E-state index in [0.29, 0.717) is 5.92 Å². The van der Waals surface area contributed by atoms with Crippen molar-refractivity contribution in [1.82, 2.24) is 0 Å². The maximum Gasteiger partial charge on any atom is 0.129 e. The third-order valence-corrected chi connectivity index (χ3v) is 8.83. The summed E-state index contributed by atoms with van der Waals surface area (Å²) in [5.74, 6) is 3.74. The fraction of sp³-hybridized carbons (Fsp3) is 0.172. The molecule has 150 valence electrons. The van der Waals surface area contributed by atoms with E-state index in [9.17, 15) is 0 Å². The van der Waals surface area contributed by atoms with Crippen LogP contribution in [0.4, 0.5) is 0 Å². The molecule has 0 fully saturated rings. The van der Waals surface area contributed by atoms with Crippen LogP contribution < -0.4 is 0 Å². The molecular weight excluding hydrogens is 408 g/mol. The van der Waals surface area contributed by atoms with Gasteiger partial charge in [0.25, 0.3) is 0 Å². The highest BCUT2D eigenvalue weighted by atomic mass is 32.2. The van der Waals surface area contributed by atoms with E-state index in [2.05, 4.69) is 116 Å². The number of hydrogen-bond acceptors (Lipinski definition) is 1. The van der Waals surface area contributed by atoms with Gasteiger partial charge in [0.15, 0.2) is 0 Å². The highest BCUT2D eigenvalue weighted by Gasteiger charge is 2.52. The molecule has 0 saturated carbocycles. The van der Waals surface area contributed by atoms with Crippen LogP contribution in [0.3, 0.4) is 0 Å². The largest absolute Gasteiger partial charge is 0.129 e. The minimum atomic E-state index is -1.36. The quantitative estimate of drug-likeness (QED) is 0.286. The van der Waals surface area contributed by atoms with Crippen molar-refractivity contribution in [2.24, 2.45) is 0 Å². The standard InChI is InChI=1S/C29H24SSi/c1-31(2,3)17-16-20-12-14-21(15-13-20)28-19-22-18-25-23-8-4-6-10-26(23)29(22,30-28)27-11-7-5-9-24(25)27/h4-15,18-19,25H,1-3H3. The molecule has 4 aliphatic rings. The molecule has 3 aromatic carbocycles. The molecule has 1 heterocycles. The van der Waals surface area contributed by atoms with E-state index < -0.39 is 8.07 Å². The Morgan fingerprint density at radius 3 is 2.03 bits per heavy atom. The third-order valence-electron chi connectivity index (χ3n) is 6.40.